The van der Waals surface area contributed by atoms with Gasteiger partial charge in [0.05, 0.1) is 12.7 Å². The monoisotopic (exact) mass is 236 g/mol. The predicted octanol–water partition coefficient (Wildman–Crippen LogP) is 0.985. The molecule has 0 bridgehead atoms. The van der Waals surface area contributed by atoms with Crippen molar-refractivity contribution in [3.05, 3.63) is 0 Å². The van der Waals surface area contributed by atoms with Crippen LogP contribution in [0.5, 0.6) is 0 Å². The van der Waals surface area contributed by atoms with Gasteiger partial charge in [-0.15, -0.1) is 0 Å². The highest BCUT2D eigenvalue weighted by molar-refractivity contribution is 5.88. The first kappa shape index (κ1) is 12.8. The lowest BCUT2D eigenvalue weighted by Gasteiger charge is -2.09. The SMILES string of the molecule is N#CC1(C(=O)NCCOCC(F)(F)F)CC1. The van der Waals surface area contributed by atoms with Crippen LogP contribution in [-0.4, -0.2) is 31.8 Å². The topological polar surface area (TPSA) is 62.1 Å². The van der Waals surface area contributed by atoms with Crippen LogP contribution in [0.25, 0.3) is 0 Å². The molecule has 1 aliphatic carbocycles. The first-order valence-corrected chi connectivity index (χ1v) is 4.74. The maximum atomic E-state index is 11.6. The van der Waals surface area contributed by atoms with Gasteiger partial charge in [0.25, 0.3) is 0 Å². The predicted molar refractivity (Wildman–Crippen MR) is 47.2 cm³/mol. The molecule has 0 atom stereocenters. The zero-order valence-corrected chi connectivity index (χ0v) is 8.43. The zero-order valence-electron chi connectivity index (χ0n) is 8.43. The van der Waals surface area contributed by atoms with E-state index >= 15 is 0 Å². The van der Waals surface area contributed by atoms with Gasteiger partial charge in [-0.05, 0) is 12.8 Å². The molecule has 1 saturated carbocycles. The summed E-state index contributed by atoms with van der Waals surface area (Å²) >= 11 is 0. The molecule has 0 aromatic carbocycles. The van der Waals surface area contributed by atoms with Crippen LogP contribution in [0.4, 0.5) is 13.2 Å². The van der Waals surface area contributed by atoms with Crippen LogP contribution in [0.3, 0.4) is 0 Å². The number of nitrogens with one attached hydrogen (secondary N) is 1. The molecular weight excluding hydrogens is 225 g/mol. The molecule has 1 amide bonds. The Morgan fingerprint density at radius 1 is 1.50 bits per heavy atom. The molecule has 0 spiro atoms. The molecule has 1 aliphatic rings. The standard InChI is InChI=1S/C9H11F3N2O2/c10-9(11,12)6-16-4-3-14-7(15)8(5-13)1-2-8/h1-4,6H2,(H,14,15). The third-order valence-electron chi connectivity index (χ3n) is 2.20. The summed E-state index contributed by atoms with van der Waals surface area (Å²) in [5.41, 5.74) is -0.940. The molecule has 1 fully saturated rings. The van der Waals surface area contributed by atoms with Gasteiger partial charge in [-0.1, -0.05) is 0 Å². The van der Waals surface area contributed by atoms with Gasteiger partial charge in [-0.25, -0.2) is 0 Å². The van der Waals surface area contributed by atoms with Crippen LogP contribution in [-0.2, 0) is 9.53 Å². The van der Waals surface area contributed by atoms with E-state index in [9.17, 15) is 18.0 Å². The summed E-state index contributed by atoms with van der Waals surface area (Å²) in [4.78, 5) is 11.3. The minimum atomic E-state index is -4.35. The molecule has 0 radical (unpaired) electrons. The highest BCUT2D eigenvalue weighted by Crippen LogP contribution is 2.44. The molecule has 1 rings (SSSR count). The van der Waals surface area contributed by atoms with E-state index in [1.165, 1.54) is 0 Å². The molecule has 7 heteroatoms. The molecule has 90 valence electrons. The third-order valence-corrected chi connectivity index (χ3v) is 2.20. The minimum Gasteiger partial charge on any atom is -0.370 e. The number of rotatable bonds is 5. The van der Waals surface area contributed by atoms with Crippen LogP contribution in [0.1, 0.15) is 12.8 Å². The van der Waals surface area contributed by atoms with E-state index < -0.39 is 24.1 Å². The smallest absolute Gasteiger partial charge is 0.370 e. The summed E-state index contributed by atoms with van der Waals surface area (Å²) in [5.74, 6) is -0.425. The summed E-state index contributed by atoms with van der Waals surface area (Å²) < 4.78 is 39.2. The number of carbonyl (C=O) groups is 1. The number of amides is 1. The fraction of sp³-hybridized carbons (Fsp3) is 0.778. The van der Waals surface area contributed by atoms with Crippen molar-refractivity contribution in [1.29, 1.82) is 5.26 Å². The van der Waals surface area contributed by atoms with Gasteiger partial charge in [0, 0.05) is 6.54 Å². The molecule has 0 heterocycles. The molecule has 1 N–H and O–H groups in total. The van der Waals surface area contributed by atoms with Gasteiger partial charge in [0.1, 0.15) is 12.0 Å². The van der Waals surface area contributed by atoms with Gasteiger partial charge < -0.3 is 10.1 Å². The normalized spacial score (nSPS) is 17.6. The molecule has 0 aromatic rings. The summed E-state index contributed by atoms with van der Waals surface area (Å²) in [6.45, 7) is -1.56. The Morgan fingerprint density at radius 3 is 2.56 bits per heavy atom. The van der Waals surface area contributed by atoms with E-state index in [0.717, 1.165) is 0 Å². The number of alkyl halides is 3. The summed E-state index contributed by atoms with van der Waals surface area (Å²) in [5, 5.41) is 11.0. The largest absolute Gasteiger partial charge is 0.411 e. The Bertz CT molecular complexity index is 305. The second-order valence-electron chi connectivity index (χ2n) is 3.62. The average Bonchev–Trinajstić information content (AvgIpc) is 2.95. The number of hydrogen-bond donors (Lipinski definition) is 1. The van der Waals surface area contributed by atoms with Crippen molar-refractivity contribution < 1.29 is 22.7 Å². The van der Waals surface area contributed by atoms with Crippen molar-refractivity contribution in [3.8, 4) is 6.07 Å². The number of carbonyl (C=O) groups excluding carboxylic acids is 1. The second kappa shape index (κ2) is 4.70. The molecular formula is C9H11F3N2O2. The lowest BCUT2D eigenvalue weighted by molar-refractivity contribution is -0.173. The van der Waals surface area contributed by atoms with Gasteiger partial charge in [-0.3, -0.25) is 4.79 Å². The molecule has 0 aliphatic heterocycles. The number of nitriles is 1. The van der Waals surface area contributed by atoms with Gasteiger partial charge in [0.15, 0.2) is 0 Å². The molecule has 0 aromatic heterocycles. The van der Waals surface area contributed by atoms with Crippen molar-refractivity contribution in [2.45, 2.75) is 19.0 Å². The van der Waals surface area contributed by atoms with Crippen molar-refractivity contribution in [2.75, 3.05) is 19.8 Å². The molecule has 4 nitrogen and oxygen atoms in total. The van der Waals surface area contributed by atoms with Gasteiger partial charge in [-0.2, -0.15) is 18.4 Å². The second-order valence-corrected chi connectivity index (χ2v) is 3.62. The van der Waals surface area contributed by atoms with Crippen LogP contribution in [0, 0.1) is 16.7 Å². The Morgan fingerprint density at radius 2 is 2.12 bits per heavy atom. The molecule has 16 heavy (non-hydrogen) atoms. The lowest BCUT2D eigenvalue weighted by atomic mass is 10.1. The van der Waals surface area contributed by atoms with Crippen molar-refractivity contribution >= 4 is 5.91 Å². The Hall–Kier alpha value is -1.29. The fourth-order valence-electron chi connectivity index (χ4n) is 1.11. The Kier molecular flexibility index (Phi) is 3.75. The maximum Gasteiger partial charge on any atom is 0.411 e. The van der Waals surface area contributed by atoms with E-state index in [1.54, 1.807) is 0 Å². The third kappa shape index (κ3) is 3.70. The van der Waals surface area contributed by atoms with Gasteiger partial charge in [0.2, 0.25) is 5.91 Å². The summed E-state index contributed by atoms with van der Waals surface area (Å²) in [7, 11) is 0. The summed E-state index contributed by atoms with van der Waals surface area (Å²) in [6, 6.07) is 1.88. The first-order valence-electron chi connectivity index (χ1n) is 4.74. The van der Waals surface area contributed by atoms with Gasteiger partial charge >= 0.3 is 6.18 Å². The number of hydrogen-bond acceptors (Lipinski definition) is 3. The van der Waals surface area contributed by atoms with E-state index in [4.69, 9.17) is 5.26 Å². The van der Waals surface area contributed by atoms with E-state index in [2.05, 4.69) is 10.1 Å². The van der Waals surface area contributed by atoms with Crippen molar-refractivity contribution in [1.82, 2.24) is 5.32 Å². The van der Waals surface area contributed by atoms with E-state index in [1.807, 2.05) is 6.07 Å². The lowest BCUT2D eigenvalue weighted by Crippen LogP contribution is -2.34. The number of ether oxygens (including phenoxy) is 1. The maximum absolute atomic E-state index is 11.6. The van der Waals surface area contributed by atoms with Crippen LogP contribution in [0.2, 0.25) is 0 Å². The van der Waals surface area contributed by atoms with Crippen LogP contribution in [0.15, 0.2) is 0 Å². The quantitative estimate of drug-likeness (QED) is 0.724. The average molecular weight is 236 g/mol. The van der Waals surface area contributed by atoms with Crippen LogP contribution >= 0.6 is 0 Å². The Labute approximate surface area is 90.4 Å². The fourth-order valence-corrected chi connectivity index (χ4v) is 1.11. The molecule has 0 unspecified atom stereocenters. The Balaban J connectivity index is 2.09. The highest BCUT2D eigenvalue weighted by Gasteiger charge is 2.50. The summed E-state index contributed by atoms with van der Waals surface area (Å²) in [6.07, 6.45) is -3.33. The number of halogens is 3. The highest BCUT2D eigenvalue weighted by atomic mass is 19.4. The van der Waals surface area contributed by atoms with Crippen molar-refractivity contribution in [3.63, 3.8) is 0 Å². The minimum absolute atomic E-state index is 0.0155. The number of nitrogens with zero attached hydrogens (tertiary/aromatic N) is 1. The zero-order chi connectivity index (χ0) is 12.2. The van der Waals surface area contributed by atoms with Crippen LogP contribution < -0.4 is 5.32 Å². The first-order chi connectivity index (χ1) is 7.40. The molecule has 0 saturated heterocycles. The van der Waals surface area contributed by atoms with E-state index in [-0.39, 0.29) is 13.2 Å². The van der Waals surface area contributed by atoms with Crippen molar-refractivity contribution in [2.24, 2.45) is 5.41 Å². The van der Waals surface area contributed by atoms with E-state index in [0.29, 0.717) is 12.8 Å².